The molecule has 0 N–H and O–H groups in total. The maximum Gasteiger partial charge on any atom is 0.257 e. The molecule has 28 heavy (non-hydrogen) atoms. The normalized spacial score (nSPS) is 16.6. The van der Waals surface area contributed by atoms with Crippen molar-refractivity contribution in [2.24, 2.45) is 0 Å². The number of amides is 1. The van der Waals surface area contributed by atoms with Crippen LogP contribution in [0.15, 0.2) is 61.2 Å². The smallest absolute Gasteiger partial charge is 0.257 e. The summed E-state index contributed by atoms with van der Waals surface area (Å²) in [5, 5.41) is 0. The maximum absolute atomic E-state index is 13.0. The minimum Gasteiger partial charge on any atom is -0.489 e. The van der Waals surface area contributed by atoms with Gasteiger partial charge in [0.15, 0.2) is 5.82 Å². The molecule has 142 valence electrons. The van der Waals surface area contributed by atoms with E-state index in [2.05, 4.69) is 15.0 Å². The van der Waals surface area contributed by atoms with Gasteiger partial charge in [0, 0.05) is 36.9 Å². The number of hydrogen-bond donors (Lipinski definition) is 0. The molecule has 1 amide bonds. The van der Waals surface area contributed by atoms with Crippen molar-refractivity contribution < 1.29 is 13.9 Å². The maximum atomic E-state index is 13.0. The first-order valence-electron chi connectivity index (χ1n) is 9.13. The highest BCUT2D eigenvalue weighted by Crippen LogP contribution is 2.20. The van der Waals surface area contributed by atoms with Crippen LogP contribution in [0.2, 0.25) is 0 Å². The summed E-state index contributed by atoms with van der Waals surface area (Å²) in [5.74, 6) is 0.707. The van der Waals surface area contributed by atoms with E-state index in [0.29, 0.717) is 30.2 Å². The fourth-order valence-electron chi connectivity index (χ4n) is 3.19. The van der Waals surface area contributed by atoms with E-state index in [1.54, 1.807) is 41.8 Å². The van der Waals surface area contributed by atoms with Gasteiger partial charge in [0.05, 0.1) is 12.1 Å². The highest BCUT2D eigenvalue weighted by atomic mass is 19.1. The lowest BCUT2D eigenvalue weighted by molar-refractivity contribution is 0.0537. The third kappa shape index (κ3) is 4.14. The third-order valence-electron chi connectivity index (χ3n) is 4.60. The van der Waals surface area contributed by atoms with E-state index in [1.165, 1.54) is 12.1 Å². The van der Waals surface area contributed by atoms with Gasteiger partial charge in [-0.2, -0.15) is 0 Å². The molecular weight excluding hydrogens is 359 g/mol. The molecule has 1 saturated heterocycles. The summed E-state index contributed by atoms with van der Waals surface area (Å²) in [4.78, 5) is 27.2. The van der Waals surface area contributed by atoms with E-state index in [-0.39, 0.29) is 17.8 Å². The second-order valence-electron chi connectivity index (χ2n) is 6.62. The Hall–Kier alpha value is -3.35. The molecule has 1 aliphatic rings. The van der Waals surface area contributed by atoms with Crippen LogP contribution in [0.5, 0.6) is 5.75 Å². The highest BCUT2D eigenvalue weighted by molar-refractivity contribution is 5.93. The highest BCUT2D eigenvalue weighted by Gasteiger charge is 2.26. The van der Waals surface area contributed by atoms with Crippen LogP contribution >= 0.6 is 0 Å². The Morgan fingerprint density at radius 3 is 2.61 bits per heavy atom. The molecule has 6 nitrogen and oxygen atoms in total. The first-order chi connectivity index (χ1) is 13.7. The standard InChI is InChI=1S/C21H19FN4O2/c22-17-5-7-18(8-6-17)28-19-4-2-10-26(14-19)21(27)16-12-24-20(25-13-16)15-3-1-9-23-11-15/h1,3,5-9,11-13,19H,2,4,10,14H2. The van der Waals surface area contributed by atoms with Gasteiger partial charge < -0.3 is 9.64 Å². The third-order valence-corrected chi connectivity index (χ3v) is 4.60. The molecule has 3 aromatic rings. The van der Waals surface area contributed by atoms with Crippen molar-refractivity contribution in [2.45, 2.75) is 18.9 Å². The van der Waals surface area contributed by atoms with Gasteiger partial charge in [-0.25, -0.2) is 14.4 Å². The molecule has 1 unspecified atom stereocenters. The number of benzene rings is 1. The summed E-state index contributed by atoms with van der Waals surface area (Å²) in [6.45, 7) is 1.13. The van der Waals surface area contributed by atoms with Crippen molar-refractivity contribution in [1.82, 2.24) is 19.9 Å². The number of nitrogens with zero attached hydrogens (tertiary/aromatic N) is 4. The largest absolute Gasteiger partial charge is 0.489 e. The number of piperidine rings is 1. The molecule has 3 heterocycles. The molecule has 0 radical (unpaired) electrons. The summed E-state index contributed by atoms with van der Waals surface area (Å²) in [7, 11) is 0. The molecule has 1 aromatic carbocycles. The second-order valence-corrected chi connectivity index (χ2v) is 6.62. The summed E-state index contributed by atoms with van der Waals surface area (Å²) in [6, 6.07) is 9.60. The van der Waals surface area contributed by atoms with Crippen molar-refractivity contribution >= 4 is 5.91 Å². The van der Waals surface area contributed by atoms with E-state index in [1.807, 2.05) is 12.1 Å². The monoisotopic (exact) mass is 378 g/mol. The minimum atomic E-state index is -0.303. The van der Waals surface area contributed by atoms with Crippen LogP contribution in [0.3, 0.4) is 0 Å². The minimum absolute atomic E-state index is 0.120. The first-order valence-corrected chi connectivity index (χ1v) is 9.13. The Morgan fingerprint density at radius 2 is 1.89 bits per heavy atom. The Balaban J connectivity index is 1.41. The molecular formula is C21H19FN4O2. The molecule has 7 heteroatoms. The van der Waals surface area contributed by atoms with Crippen molar-refractivity contribution in [1.29, 1.82) is 0 Å². The quantitative estimate of drug-likeness (QED) is 0.696. The van der Waals surface area contributed by atoms with Gasteiger partial charge in [0.2, 0.25) is 0 Å². The van der Waals surface area contributed by atoms with E-state index >= 15 is 0 Å². The molecule has 1 atom stereocenters. The summed E-state index contributed by atoms with van der Waals surface area (Å²) in [6.07, 6.45) is 8.01. The molecule has 0 bridgehead atoms. The van der Waals surface area contributed by atoms with E-state index < -0.39 is 0 Å². The molecule has 0 spiro atoms. The summed E-state index contributed by atoms with van der Waals surface area (Å²) >= 11 is 0. The number of carbonyl (C=O) groups is 1. The topological polar surface area (TPSA) is 68.2 Å². The number of ether oxygens (including phenoxy) is 1. The van der Waals surface area contributed by atoms with Gasteiger partial charge in [-0.1, -0.05) is 0 Å². The van der Waals surface area contributed by atoms with Crippen LogP contribution in [0.25, 0.3) is 11.4 Å². The molecule has 0 saturated carbocycles. The lowest BCUT2D eigenvalue weighted by Gasteiger charge is -2.32. The lowest BCUT2D eigenvalue weighted by atomic mass is 10.1. The molecule has 1 aliphatic heterocycles. The van der Waals surface area contributed by atoms with Crippen LogP contribution in [-0.2, 0) is 0 Å². The van der Waals surface area contributed by atoms with E-state index in [9.17, 15) is 9.18 Å². The number of rotatable bonds is 4. The average molecular weight is 378 g/mol. The zero-order chi connectivity index (χ0) is 19.3. The predicted octanol–water partition coefficient (Wildman–Crippen LogP) is 3.36. The summed E-state index contributed by atoms with van der Waals surface area (Å²) in [5.41, 5.74) is 1.24. The lowest BCUT2D eigenvalue weighted by Crippen LogP contribution is -2.44. The van der Waals surface area contributed by atoms with E-state index in [4.69, 9.17) is 4.74 Å². The van der Waals surface area contributed by atoms with Crippen LogP contribution < -0.4 is 4.74 Å². The van der Waals surface area contributed by atoms with Crippen molar-refractivity contribution in [2.75, 3.05) is 13.1 Å². The van der Waals surface area contributed by atoms with Gasteiger partial charge in [-0.3, -0.25) is 9.78 Å². The number of likely N-dealkylation sites (tertiary alicyclic amines) is 1. The van der Waals surface area contributed by atoms with Crippen LogP contribution in [0, 0.1) is 5.82 Å². The van der Waals surface area contributed by atoms with Crippen LogP contribution in [0.1, 0.15) is 23.2 Å². The Kier molecular flexibility index (Phi) is 5.23. The van der Waals surface area contributed by atoms with E-state index in [0.717, 1.165) is 18.4 Å². The zero-order valence-electron chi connectivity index (χ0n) is 15.2. The Bertz CT molecular complexity index is 933. The van der Waals surface area contributed by atoms with Crippen LogP contribution in [0.4, 0.5) is 4.39 Å². The number of hydrogen-bond acceptors (Lipinski definition) is 5. The van der Waals surface area contributed by atoms with Gasteiger partial charge in [-0.05, 0) is 49.2 Å². The number of carbonyl (C=O) groups excluding carboxylic acids is 1. The van der Waals surface area contributed by atoms with Gasteiger partial charge in [-0.15, -0.1) is 0 Å². The summed E-state index contributed by atoms with van der Waals surface area (Å²) < 4.78 is 18.9. The fourth-order valence-corrected chi connectivity index (χ4v) is 3.19. The molecule has 1 fully saturated rings. The number of halogens is 1. The zero-order valence-corrected chi connectivity index (χ0v) is 15.2. The van der Waals surface area contributed by atoms with Crippen molar-refractivity contribution in [3.05, 3.63) is 72.6 Å². The van der Waals surface area contributed by atoms with Gasteiger partial charge >= 0.3 is 0 Å². The number of pyridine rings is 1. The first kappa shape index (κ1) is 18.0. The Labute approximate surface area is 162 Å². The Morgan fingerprint density at radius 1 is 1.11 bits per heavy atom. The average Bonchev–Trinajstić information content (AvgIpc) is 2.76. The molecule has 2 aromatic heterocycles. The fraction of sp³-hybridized carbons (Fsp3) is 0.238. The van der Waals surface area contributed by atoms with Gasteiger partial charge in [0.1, 0.15) is 17.7 Å². The second kappa shape index (κ2) is 8.12. The number of aromatic nitrogens is 3. The molecule has 4 rings (SSSR count). The van der Waals surface area contributed by atoms with Crippen LogP contribution in [-0.4, -0.2) is 45.0 Å². The predicted molar refractivity (Wildman–Crippen MR) is 101 cm³/mol. The molecule has 0 aliphatic carbocycles. The van der Waals surface area contributed by atoms with Crippen molar-refractivity contribution in [3.63, 3.8) is 0 Å². The SMILES string of the molecule is O=C(c1cnc(-c2cccnc2)nc1)N1CCCC(Oc2ccc(F)cc2)C1. The van der Waals surface area contributed by atoms with Crippen molar-refractivity contribution in [3.8, 4) is 17.1 Å². The van der Waals surface area contributed by atoms with Gasteiger partial charge in [0.25, 0.3) is 5.91 Å².